The van der Waals surface area contributed by atoms with Crippen molar-refractivity contribution in [2.75, 3.05) is 0 Å². The smallest absolute Gasteiger partial charge is 0.335 e. The molecule has 0 unspecified atom stereocenters. The lowest BCUT2D eigenvalue weighted by atomic mass is 10.1. The zero-order valence-electron chi connectivity index (χ0n) is 7.79. The lowest BCUT2D eigenvalue weighted by Crippen LogP contribution is -1.95. The van der Waals surface area contributed by atoms with Gasteiger partial charge in [-0.1, -0.05) is 12.1 Å². The summed E-state index contributed by atoms with van der Waals surface area (Å²) in [6.45, 7) is 0. The van der Waals surface area contributed by atoms with Crippen molar-refractivity contribution in [2.24, 2.45) is 10.9 Å². The van der Waals surface area contributed by atoms with Gasteiger partial charge in [0.1, 0.15) is 0 Å². The summed E-state index contributed by atoms with van der Waals surface area (Å²) in [5, 5.41) is 12.0. The number of nitrogens with zero attached hydrogens (tertiary/aromatic N) is 1. The molecule has 0 aliphatic rings. The molecule has 0 aliphatic heterocycles. The van der Waals surface area contributed by atoms with E-state index in [1.54, 1.807) is 29.8 Å². The standard InChI is InChI=1S/C9H10N2O2S.BrH/c10-11-6-14-5-7-1-3-8(4-2-7)9(12)13;/h1-4,6H,5,10H2,(H,12,13);1H. The number of halogens is 1. The molecule has 0 spiro atoms. The summed E-state index contributed by atoms with van der Waals surface area (Å²) in [5.41, 5.74) is 2.89. The van der Waals surface area contributed by atoms with Crippen molar-refractivity contribution in [3.63, 3.8) is 0 Å². The summed E-state index contributed by atoms with van der Waals surface area (Å²) in [7, 11) is 0. The zero-order chi connectivity index (χ0) is 10.4. The minimum absolute atomic E-state index is 0. The number of aromatic carboxylic acids is 1. The first-order chi connectivity index (χ1) is 6.74. The molecule has 0 saturated carbocycles. The Kier molecular flexibility index (Phi) is 6.81. The Balaban J connectivity index is 0.00000196. The van der Waals surface area contributed by atoms with E-state index < -0.39 is 5.97 Å². The molecule has 0 heterocycles. The predicted molar refractivity (Wildman–Crippen MR) is 67.7 cm³/mol. The largest absolute Gasteiger partial charge is 0.478 e. The lowest BCUT2D eigenvalue weighted by molar-refractivity contribution is 0.0697. The number of hydrogen-bond acceptors (Lipinski definition) is 4. The van der Waals surface area contributed by atoms with Gasteiger partial charge in [0.25, 0.3) is 0 Å². The summed E-state index contributed by atoms with van der Waals surface area (Å²) in [4.78, 5) is 10.5. The number of carboxylic acids is 1. The third-order valence-corrected chi connectivity index (χ3v) is 2.36. The van der Waals surface area contributed by atoms with Crippen LogP contribution in [0.2, 0.25) is 0 Å². The van der Waals surface area contributed by atoms with E-state index in [2.05, 4.69) is 5.10 Å². The third-order valence-electron chi connectivity index (χ3n) is 1.59. The van der Waals surface area contributed by atoms with Crippen LogP contribution in [-0.4, -0.2) is 16.6 Å². The van der Waals surface area contributed by atoms with Crippen LogP contribution in [0, 0.1) is 0 Å². The predicted octanol–water partition coefficient (Wildman–Crippen LogP) is 2.10. The van der Waals surface area contributed by atoms with E-state index in [1.807, 2.05) is 0 Å². The van der Waals surface area contributed by atoms with E-state index >= 15 is 0 Å². The number of carboxylic acid groups (broad SMARTS) is 1. The molecule has 0 aromatic heterocycles. The van der Waals surface area contributed by atoms with Gasteiger partial charge < -0.3 is 10.9 Å². The van der Waals surface area contributed by atoms with E-state index in [-0.39, 0.29) is 17.0 Å². The molecule has 6 heteroatoms. The van der Waals surface area contributed by atoms with Crippen LogP contribution in [0.25, 0.3) is 0 Å². The number of rotatable bonds is 4. The molecule has 3 N–H and O–H groups in total. The van der Waals surface area contributed by atoms with Gasteiger partial charge in [-0.2, -0.15) is 5.10 Å². The average Bonchev–Trinajstić information content (AvgIpc) is 2.19. The second-order valence-corrected chi connectivity index (χ2v) is 3.40. The molecule has 1 rings (SSSR count). The molecule has 82 valence electrons. The van der Waals surface area contributed by atoms with Crippen molar-refractivity contribution in [1.29, 1.82) is 0 Å². The Labute approximate surface area is 102 Å². The van der Waals surface area contributed by atoms with Gasteiger partial charge in [-0.15, -0.1) is 28.7 Å². The second-order valence-electron chi connectivity index (χ2n) is 2.57. The summed E-state index contributed by atoms with van der Waals surface area (Å²) >= 11 is 1.46. The lowest BCUT2D eigenvalue weighted by Gasteiger charge is -1.98. The number of carbonyl (C=O) groups is 1. The average molecular weight is 291 g/mol. The molecular formula is C9H11BrN2O2S. The molecule has 0 fully saturated rings. The quantitative estimate of drug-likeness (QED) is 0.385. The SMILES string of the molecule is Br.NN=CSCc1ccc(C(=O)O)cc1. The Morgan fingerprint density at radius 3 is 2.53 bits per heavy atom. The fraction of sp³-hybridized carbons (Fsp3) is 0.111. The van der Waals surface area contributed by atoms with Crippen LogP contribution in [0.3, 0.4) is 0 Å². The number of benzene rings is 1. The van der Waals surface area contributed by atoms with Gasteiger partial charge in [0.2, 0.25) is 0 Å². The summed E-state index contributed by atoms with van der Waals surface area (Å²) in [5.74, 6) is 4.75. The molecular weight excluding hydrogens is 280 g/mol. The zero-order valence-corrected chi connectivity index (χ0v) is 10.3. The van der Waals surface area contributed by atoms with Crippen molar-refractivity contribution >= 4 is 40.3 Å². The first kappa shape index (κ1) is 14.0. The monoisotopic (exact) mass is 290 g/mol. The highest BCUT2D eigenvalue weighted by Gasteiger charge is 2.00. The maximum Gasteiger partial charge on any atom is 0.335 e. The minimum Gasteiger partial charge on any atom is -0.478 e. The number of hydrazone groups is 1. The maximum atomic E-state index is 10.5. The highest BCUT2D eigenvalue weighted by molar-refractivity contribution is 8.93. The van der Waals surface area contributed by atoms with Gasteiger partial charge in [0, 0.05) is 5.75 Å². The van der Waals surface area contributed by atoms with E-state index in [0.29, 0.717) is 5.56 Å². The molecule has 0 atom stereocenters. The summed E-state index contributed by atoms with van der Waals surface area (Å²) in [6, 6.07) is 6.72. The van der Waals surface area contributed by atoms with Crippen LogP contribution in [-0.2, 0) is 5.75 Å². The molecule has 1 aromatic rings. The van der Waals surface area contributed by atoms with Crippen molar-refractivity contribution < 1.29 is 9.90 Å². The minimum atomic E-state index is -0.910. The summed E-state index contributed by atoms with van der Waals surface area (Å²) < 4.78 is 0. The van der Waals surface area contributed by atoms with E-state index in [9.17, 15) is 4.79 Å². The Hall–Kier alpha value is -1.01. The van der Waals surface area contributed by atoms with E-state index in [0.717, 1.165) is 11.3 Å². The highest BCUT2D eigenvalue weighted by atomic mass is 79.9. The molecule has 0 radical (unpaired) electrons. The Bertz CT molecular complexity index is 340. The van der Waals surface area contributed by atoms with Crippen molar-refractivity contribution in [1.82, 2.24) is 0 Å². The second kappa shape index (κ2) is 7.30. The summed E-state index contributed by atoms with van der Waals surface area (Å²) in [6.07, 6.45) is 0. The van der Waals surface area contributed by atoms with Crippen LogP contribution in [0.15, 0.2) is 29.4 Å². The molecule has 1 aromatic carbocycles. The van der Waals surface area contributed by atoms with Gasteiger partial charge in [0.05, 0.1) is 11.1 Å². The van der Waals surface area contributed by atoms with Crippen molar-refractivity contribution in [2.45, 2.75) is 5.75 Å². The molecule has 15 heavy (non-hydrogen) atoms. The topological polar surface area (TPSA) is 75.7 Å². The van der Waals surface area contributed by atoms with Gasteiger partial charge in [-0.3, -0.25) is 0 Å². The normalized spacial score (nSPS) is 9.87. The Morgan fingerprint density at radius 1 is 1.47 bits per heavy atom. The molecule has 0 aliphatic carbocycles. The molecule has 0 saturated heterocycles. The van der Waals surface area contributed by atoms with E-state index in [4.69, 9.17) is 10.9 Å². The molecule has 0 bridgehead atoms. The fourth-order valence-electron chi connectivity index (χ4n) is 0.920. The van der Waals surface area contributed by atoms with Gasteiger partial charge in [-0.05, 0) is 17.7 Å². The molecule has 0 amide bonds. The van der Waals surface area contributed by atoms with Crippen LogP contribution < -0.4 is 5.84 Å². The Morgan fingerprint density at radius 2 is 2.07 bits per heavy atom. The first-order valence-electron chi connectivity index (χ1n) is 3.89. The number of nitrogens with two attached hydrogens (primary N) is 1. The maximum absolute atomic E-state index is 10.5. The van der Waals surface area contributed by atoms with Crippen LogP contribution in [0.5, 0.6) is 0 Å². The number of thioether (sulfide) groups is 1. The van der Waals surface area contributed by atoms with E-state index in [1.165, 1.54) is 11.8 Å². The third kappa shape index (κ3) is 4.85. The highest BCUT2D eigenvalue weighted by Crippen LogP contribution is 2.11. The van der Waals surface area contributed by atoms with Crippen molar-refractivity contribution in [3.05, 3.63) is 35.4 Å². The van der Waals surface area contributed by atoms with Gasteiger partial charge in [0.15, 0.2) is 0 Å². The van der Waals surface area contributed by atoms with Crippen LogP contribution in [0.1, 0.15) is 15.9 Å². The van der Waals surface area contributed by atoms with Gasteiger partial charge >= 0.3 is 5.97 Å². The van der Waals surface area contributed by atoms with Crippen LogP contribution >= 0.6 is 28.7 Å². The fourth-order valence-corrected chi connectivity index (χ4v) is 1.47. The van der Waals surface area contributed by atoms with Crippen LogP contribution in [0.4, 0.5) is 0 Å². The van der Waals surface area contributed by atoms with Crippen molar-refractivity contribution in [3.8, 4) is 0 Å². The first-order valence-corrected chi connectivity index (χ1v) is 4.94. The van der Waals surface area contributed by atoms with Gasteiger partial charge in [-0.25, -0.2) is 4.79 Å². The molecule has 4 nitrogen and oxygen atoms in total. The number of hydrogen-bond donors (Lipinski definition) is 2.